The van der Waals surface area contributed by atoms with Crippen LogP contribution in [0.2, 0.25) is 0 Å². The van der Waals surface area contributed by atoms with Crippen LogP contribution in [0.3, 0.4) is 0 Å². The minimum absolute atomic E-state index is 0.584. The third kappa shape index (κ3) is 1.47. The van der Waals surface area contributed by atoms with E-state index in [1.807, 2.05) is 6.92 Å². The van der Waals surface area contributed by atoms with Crippen molar-refractivity contribution >= 4 is 0 Å². The molecule has 0 N–H and O–H groups in total. The van der Waals surface area contributed by atoms with Gasteiger partial charge in [0.15, 0.2) is 0 Å². The highest BCUT2D eigenvalue weighted by atomic mass is 19.1. The molecule has 0 saturated heterocycles. The molecule has 1 nitrogen and oxygen atoms in total. The third-order valence-electron chi connectivity index (χ3n) is 1.23. The molecule has 0 bridgehead atoms. The fourth-order valence-corrected chi connectivity index (χ4v) is 0.720. The van der Waals surface area contributed by atoms with Gasteiger partial charge in [-0.2, -0.15) is 0 Å². The van der Waals surface area contributed by atoms with Crippen molar-refractivity contribution in [3.8, 4) is 5.75 Å². The van der Waals surface area contributed by atoms with Gasteiger partial charge in [-0.3, -0.25) is 0 Å². The van der Waals surface area contributed by atoms with E-state index in [9.17, 15) is 4.39 Å². The molecule has 0 saturated carbocycles. The number of aryl methyl sites for hydroxylation is 1. The van der Waals surface area contributed by atoms with Crippen molar-refractivity contribution in [2.75, 3.05) is 6.86 Å². The van der Waals surface area contributed by atoms with E-state index in [1.165, 1.54) is 0 Å². The number of hydrogen-bond donors (Lipinski definition) is 0. The fraction of sp³-hybridized carbons (Fsp3) is 0.250. The van der Waals surface area contributed by atoms with Gasteiger partial charge in [-0.1, -0.05) is 6.07 Å². The van der Waals surface area contributed by atoms with E-state index in [2.05, 4.69) is 10.8 Å². The lowest BCUT2D eigenvalue weighted by Gasteiger charge is -2.02. The summed E-state index contributed by atoms with van der Waals surface area (Å²) in [5, 5.41) is 0. The minimum Gasteiger partial charge on any atom is -0.463 e. The van der Waals surface area contributed by atoms with Crippen molar-refractivity contribution in [1.29, 1.82) is 0 Å². The van der Waals surface area contributed by atoms with Crippen LogP contribution in [0.5, 0.6) is 5.75 Å². The lowest BCUT2D eigenvalue weighted by Crippen LogP contribution is -1.91. The van der Waals surface area contributed by atoms with Crippen LogP contribution in [0.15, 0.2) is 18.2 Å². The van der Waals surface area contributed by atoms with Gasteiger partial charge in [0.2, 0.25) is 6.86 Å². The molecular weight excluding hydrogens is 131 g/mol. The Labute approximate surface area is 59.4 Å². The van der Waals surface area contributed by atoms with E-state index >= 15 is 0 Å². The van der Waals surface area contributed by atoms with Crippen LogP contribution in [0.4, 0.5) is 4.39 Å². The highest BCUT2D eigenvalue weighted by Gasteiger charge is 1.94. The van der Waals surface area contributed by atoms with E-state index in [-0.39, 0.29) is 0 Å². The maximum Gasteiger partial charge on any atom is 0.228 e. The number of benzene rings is 1. The average Bonchev–Trinajstić information content (AvgIpc) is 1.94. The standard InChI is InChI=1S/C8H8FO/c1-7-4-2-3-5-8(7)10-6-9/h3-5H,6H2,1H3. The van der Waals surface area contributed by atoms with E-state index in [0.717, 1.165) is 5.56 Å². The monoisotopic (exact) mass is 139 g/mol. The molecule has 0 fully saturated rings. The van der Waals surface area contributed by atoms with Crippen LogP contribution in [-0.2, 0) is 0 Å². The van der Waals surface area contributed by atoms with Crippen LogP contribution in [-0.4, -0.2) is 6.86 Å². The Hall–Kier alpha value is -1.05. The predicted octanol–water partition coefficient (Wildman–Crippen LogP) is 2.10. The second-order valence-electron chi connectivity index (χ2n) is 1.95. The Balaban J connectivity index is 2.81. The number of rotatable bonds is 2. The molecule has 10 heavy (non-hydrogen) atoms. The van der Waals surface area contributed by atoms with Gasteiger partial charge in [-0.25, -0.2) is 4.39 Å². The topological polar surface area (TPSA) is 9.23 Å². The molecule has 0 unspecified atom stereocenters. The molecule has 0 aromatic heterocycles. The van der Waals surface area contributed by atoms with Gasteiger partial charge < -0.3 is 4.74 Å². The van der Waals surface area contributed by atoms with Crippen LogP contribution >= 0.6 is 0 Å². The molecular formula is C8H8FO. The summed E-state index contributed by atoms with van der Waals surface area (Å²) >= 11 is 0. The molecule has 53 valence electrons. The van der Waals surface area contributed by atoms with E-state index in [0.29, 0.717) is 5.75 Å². The molecule has 0 aliphatic carbocycles. The second-order valence-corrected chi connectivity index (χ2v) is 1.95. The number of alkyl halides is 1. The summed E-state index contributed by atoms with van der Waals surface area (Å²) in [5.41, 5.74) is 0.903. The summed E-state index contributed by atoms with van der Waals surface area (Å²) in [6.45, 7) is 1.08. The summed E-state index contributed by atoms with van der Waals surface area (Å²) in [6, 6.07) is 7.99. The van der Waals surface area contributed by atoms with E-state index < -0.39 is 6.86 Å². The molecule has 2 heteroatoms. The molecule has 1 aromatic carbocycles. The Morgan fingerprint density at radius 2 is 2.50 bits per heavy atom. The summed E-state index contributed by atoms with van der Waals surface area (Å²) < 4.78 is 16.3. The van der Waals surface area contributed by atoms with Crippen molar-refractivity contribution < 1.29 is 9.13 Å². The first kappa shape index (κ1) is 7.06. The lowest BCUT2D eigenvalue weighted by atomic mass is 10.2. The molecule has 0 heterocycles. The van der Waals surface area contributed by atoms with E-state index in [4.69, 9.17) is 0 Å². The minimum atomic E-state index is -0.773. The normalized spacial score (nSPS) is 9.40. The van der Waals surface area contributed by atoms with Crippen LogP contribution < -0.4 is 4.74 Å². The summed E-state index contributed by atoms with van der Waals surface area (Å²) in [5.74, 6) is 0.584. The van der Waals surface area contributed by atoms with Gasteiger partial charge in [0.25, 0.3) is 0 Å². The molecule has 0 aliphatic heterocycles. The molecule has 0 amide bonds. The second kappa shape index (κ2) is 3.20. The number of ether oxygens (including phenoxy) is 1. The Bertz CT molecular complexity index is 210. The molecule has 1 rings (SSSR count). The van der Waals surface area contributed by atoms with Gasteiger partial charge in [0.1, 0.15) is 5.75 Å². The average molecular weight is 139 g/mol. The van der Waals surface area contributed by atoms with Crippen molar-refractivity contribution in [3.63, 3.8) is 0 Å². The summed E-state index contributed by atoms with van der Waals surface area (Å²) in [6.07, 6.45) is 0. The molecule has 0 aliphatic rings. The van der Waals surface area contributed by atoms with Gasteiger partial charge in [-0.05, 0) is 30.7 Å². The number of hydrogen-bond acceptors (Lipinski definition) is 1. The zero-order chi connectivity index (χ0) is 7.40. The smallest absolute Gasteiger partial charge is 0.228 e. The molecule has 1 radical (unpaired) electrons. The van der Waals surface area contributed by atoms with Crippen molar-refractivity contribution in [3.05, 3.63) is 29.8 Å². The van der Waals surface area contributed by atoms with Gasteiger partial charge in [0.05, 0.1) is 0 Å². The number of halogens is 1. The molecule has 1 aromatic rings. The highest BCUT2D eigenvalue weighted by Crippen LogP contribution is 2.15. The van der Waals surface area contributed by atoms with Crippen LogP contribution in [0.1, 0.15) is 5.56 Å². The van der Waals surface area contributed by atoms with Crippen molar-refractivity contribution in [2.24, 2.45) is 0 Å². The fourth-order valence-electron chi connectivity index (χ4n) is 0.720. The first-order chi connectivity index (χ1) is 4.84. The zero-order valence-corrected chi connectivity index (χ0v) is 5.73. The van der Waals surface area contributed by atoms with Crippen molar-refractivity contribution in [2.45, 2.75) is 6.92 Å². The Morgan fingerprint density at radius 1 is 1.70 bits per heavy atom. The predicted molar refractivity (Wildman–Crippen MR) is 36.6 cm³/mol. The van der Waals surface area contributed by atoms with Crippen LogP contribution in [0, 0.1) is 13.0 Å². The first-order valence-corrected chi connectivity index (χ1v) is 3.00. The first-order valence-electron chi connectivity index (χ1n) is 3.00. The van der Waals surface area contributed by atoms with Gasteiger partial charge in [-0.15, -0.1) is 0 Å². The lowest BCUT2D eigenvalue weighted by molar-refractivity contribution is 0.190. The van der Waals surface area contributed by atoms with Gasteiger partial charge >= 0.3 is 0 Å². The quantitative estimate of drug-likeness (QED) is 0.609. The van der Waals surface area contributed by atoms with Crippen LogP contribution in [0.25, 0.3) is 0 Å². The molecule has 0 atom stereocenters. The summed E-state index contributed by atoms with van der Waals surface area (Å²) in [7, 11) is 0. The third-order valence-corrected chi connectivity index (χ3v) is 1.23. The summed E-state index contributed by atoms with van der Waals surface area (Å²) in [4.78, 5) is 0. The maximum atomic E-state index is 11.6. The zero-order valence-electron chi connectivity index (χ0n) is 5.73. The Kier molecular flexibility index (Phi) is 2.26. The van der Waals surface area contributed by atoms with E-state index in [1.54, 1.807) is 18.2 Å². The molecule has 0 spiro atoms. The van der Waals surface area contributed by atoms with Crippen molar-refractivity contribution in [1.82, 2.24) is 0 Å². The SMILES string of the molecule is Cc1c[c]ccc1OCF. The van der Waals surface area contributed by atoms with Gasteiger partial charge in [0, 0.05) is 0 Å². The Morgan fingerprint density at radius 3 is 3.10 bits per heavy atom. The largest absolute Gasteiger partial charge is 0.463 e. The highest BCUT2D eigenvalue weighted by molar-refractivity contribution is 5.30. The maximum absolute atomic E-state index is 11.6.